The van der Waals surface area contributed by atoms with Gasteiger partial charge in [-0.15, -0.1) is 0 Å². The molecule has 1 saturated heterocycles. The Hall–Kier alpha value is -2.21. The molecule has 122 valence electrons. The maximum Gasteiger partial charge on any atom is 0.254 e. The molecule has 1 amide bonds. The summed E-state index contributed by atoms with van der Waals surface area (Å²) in [5, 5.41) is 4.44. The Labute approximate surface area is 134 Å². The van der Waals surface area contributed by atoms with E-state index in [9.17, 15) is 9.18 Å². The summed E-state index contributed by atoms with van der Waals surface area (Å²) in [5.41, 5.74) is 3.44. The van der Waals surface area contributed by atoms with Crippen LogP contribution in [-0.2, 0) is 11.8 Å². The lowest BCUT2D eigenvalue weighted by Gasteiger charge is -2.36. The van der Waals surface area contributed by atoms with E-state index in [0.717, 1.165) is 17.0 Å². The predicted molar refractivity (Wildman–Crippen MR) is 83.7 cm³/mol. The molecule has 2 aromatic rings. The number of benzene rings is 1. The smallest absolute Gasteiger partial charge is 0.254 e. The Morgan fingerprint density at radius 3 is 2.61 bits per heavy atom. The van der Waals surface area contributed by atoms with E-state index in [-0.39, 0.29) is 17.8 Å². The fourth-order valence-corrected chi connectivity index (χ4v) is 3.12. The van der Waals surface area contributed by atoms with Crippen molar-refractivity contribution in [3.63, 3.8) is 0 Å². The second-order valence-electron chi connectivity index (χ2n) is 5.80. The average molecular weight is 317 g/mol. The number of carbonyl (C=O) groups is 1. The largest absolute Gasteiger partial charge is 0.377 e. The van der Waals surface area contributed by atoms with E-state index in [4.69, 9.17) is 4.74 Å². The van der Waals surface area contributed by atoms with Crippen molar-refractivity contribution in [2.75, 3.05) is 19.8 Å². The van der Waals surface area contributed by atoms with Crippen molar-refractivity contribution < 1.29 is 13.9 Å². The second kappa shape index (κ2) is 6.12. The van der Waals surface area contributed by atoms with Crippen molar-refractivity contribution in [2.45, 2.75) is 19.9 Å². The molecule has 6 heteroatoms. The van der Waals surface area contributed by atoms with Gasteiger partial charge in [0.05, 0.1) is 24.9 Å². The van der Waals surface area contributed by atoms with Gasteiger partial charge in [0, 0.05) is 30.4 Å². The van der Waals surface area contributed by atoms with E-state index >= 15 is 0 Å². The van der Waals surface area contributed by atoms with E-state index in [1.165, 1.54) is 24.3 Å². The van der Waals surface area contributed by atoms with Gasteiger partial charge >= 0.3 is 0 Å². The molecule has 3 rings (SSSR count). The van der Waals surface area contributed by atoms with Crippen LogP contribution in [0.4, 0.5) is 4.39 Å². The molecule has 5 nitrogen and oxygen atoms in total. The van der Waals surface area contributed by atoms with Crippen LogP contribution in [0.2, 0.25) is 0 Å². The van der Waals surface area contributed by atoms with Crippen molar-refractivity contribution in [1.29, 1.82) is 0 Å². The Balaban J connectivity index is 1.95. The summed E-state index contributed by atoms with van der Waals surface area (Å²) < 4.78 is 20.5. The fourth-order valence-electron chi connectivity index (χ4n) is 3.12. The minimum Gasteiger partial charge on any atom is -0.377 e. The maximum atomic E-state index is 13.1. The first kappa shape index (κ1) is 15.7. The Morgan fingerprint density at radius 1 is 1.30 bits per heavy atom. The maximum absolute atomic E-state index is 13.1. The molecule has 0 spiro atoms. The molecule has 0 aliphatic carbocycles. The molecule has 23 heavy (non-hydrogen) atoms. The molecule has 1 aliphatic heterocycles. The average Bonchev–Trinajstić information content (AvgIpc) is 2.80. The number of ether oxygens (including phenoxy) is 1. The molecule has 0 bridgehead atoms. The molecule has 0 unspecified atom stereocenters. The number of rotatable bonds is 2. The zero-order valence-corrected chi connectivity index (χ0v) is 13.5. The van der Waals surface area contributed by atoms with Gasteiger partial charge in [0.1, 0.15) is 5.82 Å². The van der Waals surface area contributed by atoms with Crippen LogP contribution < -0.4 is 0 Å². The molecule has 1 aliphatic rings. The van der Waals surface area contributed by atoms with Crippen molar-refractivity contribution in [3.05, 3.63) is 52.6 Å². The highest BCUT2D eigenvalue weighted by Crippen LogP contribution is 2.30. The molecule has 0 N–H and O–H groups in total. The van der Waals surface area contributed by atoms with Crippen molar-refractivity contribution in [3.8, 4) is 0 Å². The van der Waals surface area contributed by atoms with Gasteiger partial charge in [-0.2, -0.15) is 5.10 Å². The van der Waals surface area contributed by atoms with Crippen LogP contribution in [0, 0.1) is 19.7 Å². The number of hydrogen-bond donors (Lipinski definition) is 0. The molecule has 1 fully saturated rings. The standard InChI is InChI=1S/C17H20FN3O2/c1-11-16(12(2)20(3)19-11)15-10-23-9-8-21(15)17(22)13-4-6-14(18)7-5-13/h4-7,15H,8-10H2,1-3H3/t15-/m0/s1. The van der Waals surface area contributed by atoms with Gasteiger partial charge in [-0.05, 0) is 38.1 Å². The lowest BCUT2D eigenvalue weighted by atomic mass is 10.0. The number of aryl methyl sites for hydroxylation is 2. The molecule has 0 radical (unpaired) electrons. The number of nitrogens with zero attached hydrogens (tertiary/aromatic N) is 3. The van der Waals surface area contributed by atoms with E-state index in [1.807, 2.05) is 25.6 Å². The molecule has 1 aromatic carbocycles. The van der Waals surface area contributed by atoms with Gasteiger partial charge < -0.3 is 9.64 Å². The molecule has 0 saturated carbocycles. The second-order valence-corrected chi connectivity index (χ2v) is 5.80. The molecule has 2 heterocycles. The Bertz CT molecular complexity index is 724. The summed E-state index contributed by atoms with van der Waals surface area (Å²) in [6, 6.07) is 5.49. The summed E-state index contributed by atoms with van der Waals surface area (Å²) in [6.45, 7) is 5.39. The lowest BCUT2D eigenvalue weighted by molar-refractivity contribution is -0.00305. The molecular weight excluding hydrogens is 297 g/mol. The Morgan fingerprint density at radius 2 is 2.00 bits per heavy atom. The number of halogens is 1. The van der Waals surface area contributed by atoms with Crippen molar-refractivity contribution in [1.82, 2.24) is 14.7 Å². The summed E-state index contributed by atoms with van der Waals surface area (Å²) >= 11 is 0. The van der Waals surface area contributed by atoms with E-state index < -0.39 is 0 Å². The zero-order valence-electron chi connectivity index (χ0n) is 13.5. The third-order valence-corrected chi connectivity index (χ3v) is 4.38. The van der Waals surface area contributed by atoms with Crippen LogP contribution in [0.5, 0.6) is 0 Å². The van der Waals surface area contributed by atoms with Crippen LogP contribution in [0.1, 0.15) is 33.4 Å². The first-order valence-corrected chi connectivity index (χ1v) is 7.63. The minimum absolute atomic E-state index is 0.110. The predicted octanol–water partition coefficient (Wildman–Crippen LogP) is 2.39. The Kier molecular flexibility index (Phi) is 4.17. The van der Waals surface area contributed by atoms with Gasteiger partial charge in [0.2, 0.25) is 0 Å². The van der Waals surface area contributed by atoms with Gasteiger partial charge in [-0.1, -0.05) is 0 Å². The highest BCUT2D eigenvalue weighted by molar-refractivity contribution is 5.94. The van der Waals surface area contributed by atoms with Crippen LogP contribution in [0.25, 0.3) is 0 Å². The van der Waals surface area contributed by atoms with Gasteiger partial charge in [-0.3, -0.25) is 9.48 Å². The SMILES string of the molecule is Cc1nn(C)c(C)c1[C@@H]1COCCN1C(=O)c1ccc(F)cc1. The normalized spacial score (nSPS) is 18.3. The number of carbonyl (C=O) groups excluding carboxylic acids is 1. The van der Waals surface area contributed by atoms with Gasteiger partial charge in [-0.25, -0.2) is 4.39 Å². The van der Waals surface area contributed by atoms with E-state index in [2.05, 4.69) is 5.10 Å². The third-order valence-electron chi connectivity index (χ3n) is 4.38. The van der Waals surface area contributed by atoms with Crippen LogP contribution in [-0.4, -0.2) is 40.3 Å². The quantitative estimate of drug-likeness (QED) is 0.854. The van der Waals surface area contributed by atoms with Crippen LogP contribution >= 0.6 is 0 Å². The number of morpholine rings is 1. The monoisotopic (exact) mass is 317 g/mol. The van der Waals surface area contributed by atoms with Crippen molar-refractivity contribution in [2.24, 2.45) is 7.05 Å². The first-order chi connectivity index (χ1) is 11.0. The summed E-state index contributed by atoms with van der Waals surface area (Å²) in [6.07, 6.45) is 0. The molecular formula is C17H20FN3O2. The molecule has 1 aromatic heterocycles. The first-order valence-electron chi connectivity index (χ1n) is 7.63. The van der Waals surface area contributed by atoms with E-state index in [1.54, 1.807) is 4.90 Å². The number of hydrogen-bond acceptors (Lipinski definition) is 3. The van der Waals surface area contributed by atoms with Crippen LogP contribution in [0.3, 0.4) is 0 Å². The van der Waals surface area contributed by atoms with Crippen LogP contribution in [0.15, 0.2) is 24.3 Å². The number of aromatic nitrogens is 2. The third kappa shape index (κ3) is 2.86. The summed E-state index contributed by atoms with van der Waals surface area (Å²) in [4.78, 5) is 14.6. The number of amides is 1. The summed E-state index contributed by atoms with van der Waals surface area (Å²) in [7, 11) is 1.89. The minimum atomic E-state index is -0.348. The molecule has 1 atom stereocenters. The van der Waals surface area contributed by atoms with Gasteiger partial charge in [0.15, 0.2) is 0 Å². The zero-order chi connectivity index (χ0) is 16.6. The lowest BCUT2D eigenvalue weighted by Crippen LogP contribution is -2.43. The van der Waals surface area contributed by atoms with Crippen molar-refractivity contribution >= 4 is 5.91 Å². The van der Waals surface area contributed by atoms with Gasteiger partial charge in [0.25, 0.3) is 5.91 Å². The van der Waals surface area contributed by atoms with E-state index in [0.29, 0.717) is 25.3 Å². The topological polar surface area (TPSA) is 47.4 Å². The summed E-state index contributed by atoms with van der Waals surface area (Å²) in [5.74, 6) is -0.458. The fraction of sp³-hybridized carbons (Fsp3) is 0.412. The highest BCUT2D eigenvalue weighted by atomic mass is 19.1. The highest BCUT2D eigenvalue weighted by Gasteiger charge is 2.32.